The van der Waals surface area contributed by atoms with Gasteiger partial charge in [0.05, 0.1) is 0 Å². The second-order valence-corrected chi connectivity index (χ2v) is 8.10. The Labute approximate surface area is 125 Å². The van der Waals surface area contributed by atoms with Gasteiger partial charge in [-0.1, -0.05) is 58.5 Å². The van der Waals surface area contributed by atoms with Gasteiger partial charge >= 0.3 is 0 Å². The molecule has 0 N–H and O–H groups in total. The molecule has 19 heavy (non-hydrogen) atoms. The van der Waals surface area contributed by atoms with E-state index in [1.54, 1.807) is 11.8 Å². The monoisotopic (exact) mass is 296 g/mol. The second-order valence-electron chi connectivity index (χ2n) is 5.74. The molecule has 3 heteroatoms. The van der Waals surface area contributed by atoms with E-state index >= 15 is 0 Å². The zero-order valence-electron chi connectivity index (χ0n) is 12.5. The Kier molecular flexibility index (Phi) is 6.48. The van der Waals surface area contributed by atoms with Gasteiger partial charge in [-0.05, 0) is 28.9 Å². The molecular formula is C16H24OS2. The molecule has 1 aromatic carbocycles. The molecule has 0 unspecified atom stereocenters. The minimum atomic E-state index is 0.122. The molecule has 0 aliphatic carbocycles. The fraction of sp³-hybridized carbons (Fsp3) is 0.562. The van der Waals surface area contributed by atoms with Gasteiger partial charge in [-0.2, -0.15) is 0 Å². The molecule has 0 aliphatic rings. The Morgan fingerprint density at radius 2 is 1.79 bits per heavy atom. The minimum absolute atomic E-state index is 0.122. The zero-order valence-corrected chi connectivity index (χ0v) is 14.2. The summed E-state index contributed by atoms with van der Waals surface area (Å²) >= 11 is 3.20. The van der Waals surface area contributed by atoms with Gasteiger partial charge in [-0.3, -0.25) is 4.79 Å². The van der Waals surface area contributed by atoms with Crippen molar-refractivity contribution in [1.29, 1.82) is 0 Å². The van der Waals surface area contributed by atoms with Crippen molar-refractivity contribution >= 4 is 28.6 Å². The minimum Gasteiger partial charge on any atom is -0.287 e. The highest BCUT2D eigenvalue weighted by Gasteiger charge is 2.15. The van der Waals surface area contributed by atoms with Gasteiger partial charge in [-0.25, -0.2) is 0 Å². The molecule has 0 radical (unpaired) electrons. The van der Waals surface area contributed by atoms with Crippen molar-refractivity contribution < 1.29 is 4.79 Å². The highest BCUT2D eigenvalue weighted by atomic mass is 32.2. The predicted molar refractivity (Wildman–Crippen MR) is 88.2 cm³/mol. The maximum absolute atomic E-state index is 11.7. The Balaban J connectivity index is 2.53. The molecule has 0 fully saturated rings. The third-order valence-corrected chi connectivity index (χ3v) is 5.16. The van der Waals surface area contributed by atoms with Crippen LogP contribution in [0, 0.1) is 5.92 Å². The Bertz CT molecular complexity index is 404. The highest BCUT2D eigenvalue weighted by Crippen LogP contribution is 2.27. The molecule has 0 aliphatic heterocycles. The smallest absolute Gasteiger partial charge is 0.192 e. The van der Waals surface area contributed by atoms with Crippen LogP contribution in [0.3, 0.4) is 0 Å². The van der Waals surface area contributed by atoms with E-state index in [1.165, 1.54) is 22.2 Å². The number of benzene rings is 1. The second kappa shape index (κ2) is 7.39. The molecule has 0 spiro atoms. The third kappa shape index (κ3) is 5.62. The van der Waals surface area contributed by atoms with E-state index < -0.39 is 0 Å². The first kappa shape index (κ1) is 16.6. The van der Waals surface area contributed by atoms with Crippen molar-refractivity contribution in [3.05, 3.63) is 29.8 Å². The van der Waals surface area contributed by atoms with Gasteiger partial charge in [0.25, 0.3) is 0 Å². The van der Waals surface area contributed by atoms with E-state index in [1.807, 2.05) is 13.8 Å². The van der Waals surface area contributed by atoms with Gasteiger partial charge in [0, 0.05) is 16.6 Å². The summed E-state index contributed by atoms with van der Waals surface area (Å²) in [6.45, 7) is 10.7. The van der Waals surface area contributed by atoms with E-state index in [2.05, 4.69) is 45.0 Å². The summed E-state index contributed by atoms with van der Waals surface area (Å²) in [6.07, 6.45) is 0. The maximum Gasteiger partial charge on any atom is 0.192 e. The summed E-state index contributed by atoms with van der Waals surface area (Å²) in [7, 11) is 0. The number of carbonyl (C=O) groups is 1. The maximum atomic E-state index is 11.7. The van der Waals surface area contributed by atoms with Gasteiger partial charge in [0.1, 0.15) is 0 Å². The van der Waals surface area contributed by atoms with Crippen molar-refractivity contribution in [2.45, 2.75) is 44.9 Å². The summed E-state index contributed by atoms with van der Waals surface area (Å²) in [5, 5.41) is 0.307. The van der Waals surface area contributed by atoms with Crippen LogP contribution in [0.15, 0.2) is 29.2 Å². The summed E-state index contributed by atoms with van der Waals surface area (Å²) < 4.78 is 0. The lowest BCUT2D eigenvalue weighted by atomic mass is 9.87. The van der Waals surface area contributed by atoms with Crippen LogP contribution in [0.1, 0.15) is 40.2 Å². The van der Waals surface area contributed by atoms with Gasteiger partial charge in [0.15, 0.2) is 5.12 Å². The normalized spacial score (nSPS) is 13.3. The predicted octanol–water partition coefficient (Wildman–Crippen LogP) is 4.99. The molecule has 1 nitrogen and oxygen atoms in total. The Morgan fingerprint density at radius 1 is 1.21 bits per heavy atom. The van der Waals surface area contributed by atoms with E-state index in [9.17, 15) is 4.79 Å². The first-order valence-corrected chi connectivity index (χ1v) is 8.71. The van der Waals surface area contributed by atoms with Crippen molar-refractivity contribution in [1.82, 2.24) is 0 Å². The number of hydrogen-bond acceptors (Lipinski definition) is 3. The average molecular weight is 297 g/mol. The lowest BCUT2D eigenvalue weighted by molar-refractivity contribution is -0.113. The SMILES string of the molecule is CCSC(=O)[C@@H](C)CSc1ccc(C(C)(C)C)cc1. The van der Waals surface area contributed by atoms with Crippen LogP contribution in [0.25, 0.3) is 0 Å². The number of thioether (sulfide) groups is 2. The zero-order chi connectivity index (χ0) is 14.5. The van der Waals surface area contributed by atoms with Crippen LogP contribution in [0.2, 0.25) is 0 Å². The molecule has 0 saturated carbocycles. The molecule has 1 rings (SSSR count). The molecular weight excluding hydrogens is 272 g/mol. The third-order valence-electron chi connectivity index (χ3n) is 2.91. The Morgan fingerprint density at radius 3 is 2.26 bits per heavy atom. The largest absolute Gasteiger partial charge is 0.287 e. The van der Waals surface area contributed by atoms with Gasteiger partial charge in [-0.15, -0.1) is 11.8 Å². The van der Waals surface area contributed by atoms with Crippen LogP contribution >= 0.6 is 23.5 Å². The number of rotatable bonds is 5. The number of hydrogen-bond donors (Lipinski definition) is 0. The van der Waals surface area contributed by atoms with Crippen LogP contribution in [0.4, 0.5) is 0 Å². The van der Waals surface area contributed by atoms with E-state index in [4.69, 9.17) is 0 Å². The van der Waals surface area contributed by atoms with E-state index in [0.29, 0.717) is 5.12 Å². The van der Waals surface area contributed by atoms with E-state index in [0.717, 1.165) is 11.5 Å². The van der Waals surface area contributed by atoms with Crippen molar-refractivity contribution in [2.24, 2.45) is 5.92 Å². The molecule has 106 valence electrons. The molecule has 1 atom stereocenters. The highest BCUT2D eigenvalue weighted by molar-refractivity contribution is 8.13. The van der Waals surface area contributed by atoms with Gasteiger partial charge in [0.2, 0.25) is 0 Å². The van der Waals surface area contributed by atoms with Crippen LogP contribution < -0.4 is 0 Å². The number of carbonyl (C=O) groups excluding carboxylic acids is 1. The average Bonchev–Trinajstić information content (AvgIpc) is 2.35. The first-order valence-electron chi connectivity index (χ1n) is 6.74. The van der Waals surface area contributed by atoms with Crippen molar-refractivity contribution in [2.75, 3.05) is 11.5 Å². The lowest BCUT2D eigenvalue weighted by Crippen LogP contribution is -2.11. The summed E-state index contributed by atoms with van der Waals surface area (Å²) in [6, 6.07) is 8.70. The first-order chi connectivity index (χ1) is 8.84. The fourth-order valence-electron chi connectivity index (χ4n) is 1.62. The molecule has 0 heterocycles. The molecule has 0 saturated heterocycles. The molecule has 0 bridgehead atoms. The molecule has 1 aromatic rings. The van der Waals surface area contributed by atoms with Crippen LogP contribution in [0.5, 0.6) is 0 Å². The lowest BCUT2D eigenvalue weighted by Gasteiger charge is -2.19. The van der Waals surface area contributed by atoms with Crippen molar-refractivity contribution in [3.63, 3.8) is 0 Å². The Hall–Kier alpha value is -0.410. The quantitative estimate of drug-likeness (QED) is 0.712. The fourth-order valence-corrected chi connectivity index (χ4v) is 3.31. The van der Waals surface area contributed by atoms with Crippen LogP contribution in [-0.4, -0.2) is 16.6 Å². The van der Waals surface area contributed by atoms with Crippen LogP contribution in [-0.2, 0) is 10.2 Å². The molecule has 0 aromatic heterocycles. The summed E-state index contributed by atoms with van der Waals surface area (Å²) in [5.74, 6) is 1.85. The topological polar surface area (TPSA) is 17.1 Å². The molecule has 0 amide bonds. The van der Waals surface area contributed by atoms with E-state index in [-0.39, 0.29) is 11.3 Å². The van der Waals surface area contributed by atoms with Gasteiger partial charge < -0.3 is 0 Å². The standard InChI is InChI=1S/C16H24OS2/c1-6-18-15(17)12(2)11-19-14-9-7-13(8-10-14)16(3,4)5/h7-10,12H,6,11H2,1-5H3/t12-/m0/s1. The van der Waals surface area contributed by atoms with Crippen molar-refractivity contribution in [3.8, 4) is 0 Å². The summed E-state index contributed by atoms with van der Waals surface area (Å²) in [4.78, 5) is 12.9. The summed E-state index contributed by atoms with van der Waals surface area (Å²) in [5.41, 5.74) is 1.55.